The minimum atomic E-state index is -0.0706. The second kappa shape index (κ2) is 3.75. The molecule has 0 aromatic heterocycles. The zero-order valence-electron chi connectivity index (χ0n) is 7.54. The Kier molecular flexibility index (Phi) is 2.66. The quantitative estimate of drug-likeness (QED) is 0.696. The van der Waals surface area contributed by atoms with Crippen molar-refractivity contribution in [3.05, 3.63) is 0 Å². The van der Waals surface area contributed by atoms with Gasteiger partial charge >= 0.3 is 0 Å². The summed E-state index contributed by atoms with van der Waals surface area (Å²) in [6.07, 6.45) is 7.53. The predicted molar refractivity (Wildman–Crippen MR) is 46.9 cm³/mol. The molecule has 1 N–H and O–H groups in total. The molecule has 0 spiro atoms. The molecule has 12 heavy (non-hydrogen) atoms. The lowest BCUT2D eigenvalue weighted by atomic mass is 9.83. The van der Waals surface area contributed by atoms with Gasteiger partial charge in [0.05, 0.1) is 12.2 Å². The third-order valence-corrected chi connectivity index (χ3v) is 3.17. The highest BCUT2D eigenvalue weighted by Gasteiger charge is 2.28. The SMILES string of the molecule is OC1CC(OCCC2CCC2)C1. The topological polar surface area (TPSA) is 29.5 Å². The highest BCUT2D eigenvalue weighted by atomic mass is 16.5. The molecule has 0 aromatic rings. The van der Waals surface area contributed by atoms with Crippen LogP contribution in [0.5, 0.6) is 0 Å². The summed E-state index contributed by atoms with van der Waals surface area (Å²) in [5.41, 5.74) is 0. The maximum Gasteiger partial charge on any atom is 0.0624 e. The molecule has 0 radical (unpaired) electrons. The van der Waals surface area contributed by atoms with Crippen LogP contribution in [0.2, 0.25) is 0 Å². The molecule has 0 unspecified atom stereocenters. The molecule has 0 bridgehead atoms. The lowest BCUT2D eigenvalue weighted by Gasteiger charge is -2.32. The summed E-state index contributed by atoms with van der Waals surface area (Å²) < 4.78 is 5.59. The van der Waals surface area contributed by atoms with Crippen molar-refractivity contribution >= 4 is 0 Å². The highest BCUT2D eigenvalue weighted by molar-refractivity contribution is 4.79. The van der Waals surface area contributed by atoms with Crippen molar-refractivity contribution in [1.82, 2.24) is 0 Å². The van der Waals surface area contributed by atoms with Crippen LogP contribution in [0.1, 0.15) is 38.5 Å². The number of rotatable bonds is 4. The van der Waals surface area contributed by atoms with E-state index in [1.165, 1.54) is 25.7 Å². The fraction of sp³-hybridized carbons (Fsp3) is 1.00. The third-order valence-electron chi connectivity index (χ3n) is 3.17. The minimum Gasteiger partial charge on any atom is -0.393 e. The lowest BCUT2D eigenvalue weighted by Crippen LogP contribution is -2.35. The van der Waals surface area contributed by atoms with Gasteiger partial charge in [-0.1, -0.05) is 19.3 Å². The van der Waals surface area contributed by atoms with Gasteiger partial charge in [0.1, 0.15) is 0 Å². The molecule has 0 heterocycles. The van der Waals surface area contributed by atoms with Crippen LogP contribution in [-0.4, -0.2) is 23.9 Å². The number of hydrogen-bond acceptors (Lipinski definition) is 2. The smallest absolute Gasteiger partial charge is 0.0624 e. The van der Waals surface area contributed by atoms with Crippen molar-refractivity contribution in [1.29, 1.82) is 0 Å². The second-order valence-corrected chi connectivity index (χ2v) is 4.20. The van der Waals surface area contributed by atoms with Gasteiger partial charge in [0.15, 0.2) is 0 Å². The Morgan fingerprint density at radius 1 is 1.25 bits per heavy atom. The normalized spacial score (nSPS) is 35.8. The summed E-state index contributed by atoms with van der Waals surface area (Å²) in [6.45, 7) is 0.919. The van der Waals surface area contributed by atoms with E-state index < -0.39 is 0 Å². The highest BCUT2D eigenvalue weighted by Crippen LogP contribution is 2.30. The fourth-order valence-corrected chi connectivity index (χ4v) is 1.86. The van der Waals surface area contributed by atoms with E-state index in [1.807, 2.05) is 0 Å². The van der Waals surface area contributed by atoms with E-state index in [0.717, 1.165) is 25.4 Å². The molecule has 70 valence electrons. The summed E-state index contributed by atoms with van der Waals surface area (Å²) in [5, 5.41) is 9.00. The van der Waals surface area contributed by atoms with Crippen molar-refractivity contribution in [3.63, 3.8) is 0 Å². The van der Waals surface area contributed by atoms with Crippen LogP contribution in [0.15, 0.2) is 0 Å². The number of hydrogen-bond donors (Lipinski definition) is 1. The van der Waals surface area contributed by atoms with Crippen LogP contribution in [0.3, 0.4) is 0 Å². The summed E-state index contributed by atoms with van der Waals surface area (Å²) in [5.74, 6) is 0.954. The molecule has 0 atom stereocenters. The summed E-state index contributed by atoms with van der Waals surface area (Å²) in [7, 11) is 0. The molecule has 2 aliphatic rings. The summed E-state index contributed by atoms with van der Waals surface area (Å²) in [4.78, 5) is 0. The molecule has 2 fully saturated rings. The molecule has 2 saturated carbocycles. The summed E-state index contributed by atoms with van der Waals surface area (Å²) in [6, 6.07) is 0. The molecule has 2 aliphatic carbocycles. The molecule has 0 saturated heterocycles. The van der Waals surface area contributed by atoms with Gasteiger partial charge in [-0.15, -0.1) is 0 Å². The average Bonchev–Trinajstić information content (AvgIpc) is 1.90. The van der Waals surface area contributed by atoms with Crippen LogP contribution < -0.4 is 0 Å². The molecule has 0 amide bonds. The van der Waals surface area contributed by atoms with Gasteiger partial charge in [0.25, 0.3) is 0 Å². The van der Waals surface area contributed by atoms with E-state index in [9.17, 15) is 0 Å². The first-order chi connectivity index (χ1) is 5.84. The predicted octanol–water partition coefficient (Wildman–Crippen LogP) is 1.72. The van der Waals surface area contributed by atoms with Gasteiger partial charge in [-0.2, -0.15) is 0 Å². The van der Waals surface area contributed by atoms with Crippen LogP contribution in [0.4, 0.5) is 0 Å². The number of aliphatic hydroxyl groups excluding tert-OH is 1. The molecule has 2 rings (SSSR count). The Bertz CT molecular complexity index is 137. The zero-order valence-corrected chi connectivity index (χ0v) is 7.54. The van der Waals surface area contributed by atoms with E-state index in [-0.39, 0.29) is 6.10 Å². The van der Waals surface area contributed by atoms with Crippen molar-refractivity contribution in [2.45, 2.75) is 50.7 Å². The maximum absolute atomic E-state index is 9.00. The van der Waals surface area contributed by atoms with E-state index in [4.69, 9.17) is 9.84 Å². The van der Waals surface area contributed by atoms with E-state index >= 15 is 0 Å². The monoisotopic (exact) mass is 170 g/mol. The summed E-state index contributed by atoms with van der Waals surface area (Å²) >= 11 is 0. The fourth-order valence-electron chi connectivity index (χ4n) is 1.86. The van der Waals surface area contributed by atoms with Gasteiger partial charge in [0.2, 0.25) is 0 Å². The molecule has 0 aromatic carbocycles. The van der Waals surface area contributed by atoms with E-state index in [1.54, 1.807) is 0 Å². The molecule has 2 heteroatoms. The number of aliphatic hydroxyl groups is 1. The molecular weight excluding hydrogens is 152 g/mol. The van der Waals surface area contributed by atoms with E-state index in [0.29, 0.717) is 6.10 Å². The van der Waals surface area contributed by atoms with Gasteiger partial charge in [-0.3, -0.25) is 0 Å². The third kappa shape index (κ3) is 1.99. The lowest BCUT2D eigenvalue weighted by molar-refractivity contribution is -0.0749. The van der Waals surface area contributed by atoms with Crippen molar-refractivity contribution in [3.8, 4) is 0 Å². The average molecular weight is 170 g/mol. The van der Waals surface area contributed by atoms with E-state index in [2.05, 4.69) is 0 Å². The zero-order chi connectivity index (χ0) is 8.39. The van der Waals surface area contributed by atoms with Gasteiger partial charge in [0, 0.05) is 6.61 Å². The van der Waals surface area contributed by atoms with Gasteiger partial charge in [-0.05, 0) is 25.2 Å². The number of ether oxygens (including phenoxy) is 1. The standard InChI is InChI=1S/C10H18O2/c11-9-6-10(7-9)12-5-4-8-2-1-3-8/h8-11H,1-7H2. The Morgan fingerprint density at radius 2 is 2.00 bits per heavy atom. The van der Waals surface area contributed by atoms with Crippen LogP contribution >= 0.6 is 0 Å². The van der Waals surface area contributed by atoms with Crippen LogP contribution in [0.25, 0.3) is 0 Å². The second-order valence-electron chi connectivity index (χ2n) is 4.20. The van der Waals surface area contributed by atoms with Crippen molar-refractivity contribution in [2.75, 3.05) is 6.61 Å². The Hall–Kier alpha value is -0.0800. The maximum atomic E-state index is 9.00. The molecule has 0 aliphatic heterocycles. The van der Waals surface area contributed by atoms with Gasteiger partial charge < -0.3 is 9.84 Å². The Balaban J connectivity index is 1.46. The van der Waals surface area contributed by atoms with Crippen molar-refractivity contribution in [2.24, 2.45) is 5.92 Å². The van der Waals surface area contributed by atoms with Crippen molar-refractivity contribution < 1.29 is 9.84 Å². The molecule has 2 nitrogen and oxygen atoms in total. The first kappa shape index (κ1) is 8.52. The van der Waals surface area contributed by atoms with Gasteiger partial charge in [-0.25, -0.2) is 0 Å². The molecular formula is C10H18O2. The first-order valence-corrected chi connectivity index (χ1v) is 5.14. The van der Waals surface area contributed by atoms with Crippen LogP contribution in [0, 0.1) is 5.92 Å². The Labute approximate surface area is 73.9 Å². The first-order valence-electron chi connectivity index (χ1n) is 5.14. The minimum absolute atomic E-state index is 0.0706. The van der Waals surface area contributed by atoms with Crippen LogP contribution in [-0.2, 0) is 4.74 Å². The largest absolute Gasteiger partial charge is 0.393 e. The Morgan fingerprint density at radius 3 is 2.50 bits per heavy atom.